The minimum atomic E-state index is -0.328. The van der Waals surface area contributed by atoms with Crippen LogP contribution in [0.25, 0.3) is 0 Å². The van der Waals surface area contributed by atoms with E-state index in [2.05, 4.69) is 6.92 Å². The second-order valence-electron chi connectivity index (χ2n) is 3.62. The Kier molecular flexibility index (Phi) is 4.50. The lowest BCUT2D eigenvalue weighted by Gasteiger charge is -2.15. The van der Waals surface area contributed by atoms with Crippen LogP contribution in [0, 0.1) is 0 Å². The number of aliphatic hydroxyl groups excluding tert-OH is 1. The molecule has 14 heavy (non-hydrogen) atoms. The lowest BCUT2D eigenvalue weighted by molar-refractivity contribution is -0.140. The molecular weight excluding hydrogens is 180 g/mol. The van der Waals surface area contributed by atoms with Gasteiger partial charge >= 0.3 is 5.97 Å². The molecule has 1 heterocycles. The third kappa shape index (κ3) is 3.05. The van der Waals surface area contributed by atoms with Gasteiger partial charge in [0.1, 0.15) is 5.76 Å². The molecule has 0 amide bonds. The predicted octanol–water partition coefficient (Wildman–Crippen LogP) is 2.72. The first-order valence-electron chi connectivity index (χ1n) is 5.33. The highest BCUT2D eigenvalue weighted by Gasteiger charge is 2.20. The van der Waals surface area contributed by atoms with Crippen molar-refractivity contribution in [2.24, 2.45) is 0 Å². The molecule has 0 radical (unpaired) electrons. The molecule has 0 aromatic carbocycles. The van der Waals surface area contributed by atoms with E-state index in [1.165, 1.54) is 12.8 Å². The van der Waals surface area contributed by atoms with Crippen molar-refractivity contribution < 1.29 is 14.6 Å². The standard InChI is InChI=1S/C11H18O3/c1-2-3-4-5-6-9-10(12)7-8-14-11(9)13/h12H,2-8H2,1H3. The van der Waals surface area contributed by atoms with Crippen molar-refractivity contribution in [3.05, 3.63) is 11.3 Å². The van der Waals surface area contributed by atoms with Crippen molar-refractivity contribution in [3.8, 4) is 0 Å². The third-order valence-electron chi connectivity index (χ3n) is 2.45. The number of carbonyl (C=O) groups excluding carboxylic acids is 1. The van der Waals surface area contributed by atoms with Gasteiger partial charge in [-0.1, -0.05) is 26.2 Å². The zero-order valence-electron chi connectivity index (χ0n) is 8.71. The van der Waals surface area contributed by atoms with E-state index >= 15 is 0 Å². The summed E-state index contributed by atoms with van der Waals surface area (Å²) in [6.07, 6.45) is 5.57. The summed E-state index contributed by atoms with van der Waals surface area (Å²) in [5.41, 5.74) is 0.493. The van der Waals surface area contributed by atoms with Crippen LogP contribution in [0.1, 0.15) is 45.4 Å². The van der Waals surface area contributed by atoms with Crippen LogP contribution in [0.15, 0.2) is 11.3 Å². The summed E-state index contributed by atoms with van der Waals surface area (Å²) in [5, 5.41) is 9.47. The Hall–Kier alpha value is -0.990. The van der Waals surface area contributed by atoms with E-state index < -0.39 is 0 Å². The summed E-state index contributed by atoms with van der Waals surface area (Å²) >= 11 is 0. The van der Waals surface area contributed by atoms with Crippen LogP contribution in [0.5, 0.6) is 0 Å². The van der Waals surface area contributed by atoms with Crippen molar-refractivity contribution in [3.63, 3.8) is 0 Å². The van der Waals surface area contributed by atoms with E-state index in [1.807, 2.05) is 0 Å². The summed E-state index contributed by atoms with van der Waals surface area (Å²) < 4.78 is 4.86. The van der Waals surface area contributed by atoms with Crippen LogP contribution in [0.4, 0.5) is 0 Å². The quantitative estimate of drug-likeness (QED) is 0.545. The van der Waals surface area contributed by atoms with Crippen LogP contribution < -0.4 is 0 Å². The van der Waals surface area contributed by atoms with Crippen LogP contribution in [-0.2, 0) is 9.53 Å². The van der Waals surface area contributed by atoms with Gasteiger partial charge in [0.05, 0.1) is 12.2 Å². The maximum absolute atomic E-state index is 11.2. The van der Waals surface area contributed by atoms with E-state index in [1.54, 1.807) is 0 Å². The summed E-state index contributed by atoms with van der Waals surface area (Å²) in [6, 6.07) is 0. The van der Waals surface area contributed by atoms with Crippen molar-refractivity contribution >= 4 is 5.97 Å². The number of ether oxygens (including phenoxy) is 1. The fourth-order valence-electron chi connectivity index (χ4n) is 1.57. The number of hydrogen-bond acceptors (Lipinski definition) is 3. The van der Waals surface area contributed by atoms with Crippen molar-refractivity contribution in [1.29, 1.82) is 0 Å². The molecule has 3 heteroatoms. The molecule has 0 aliphatic carbocycles. The molecule has 0 spiro atoms. The van der Waals surface area contributed by atoms with Gasteiger partial charge in [0.25, 0.3) is 0 Å². The van der Waals surface area contributed by atoms with Gasteiger partial charge in [0.2, 0.25) is 0 Å². The van der Waals surface area contributed by atoms with Crippen LogP contribution in [0.3, 0.4) is 0 Å². The number of esters is 1. The normalized spacial score (nSPS) is 17.1. The zero-order valence-corrected chi connectivity index (χ0v) is 8.71. The monoisotopic (exact) mass is 198 g/mol. The minimum Gasteiger partial charge on any atom is -0.512 e. The van der Waals surface area contributed by atoms with E-state index in [4.69, 9.17) is 4.74 Å². The van der Waals surface area contributed by atoms with Crippen LogP contribution >= 0.6 is 0 Å². The smallest absolute Gasteiger partial charge is 0.337 e. The first-order valence-corrected chi connectivity index (χ1v) is 5.33. The van der Waals surface area contributed by atoms with Gasteiger partial charge in [-0.25, -0.2) is 4.79 Å². The molecule has 0 aromatic rings. The number of cyclic esters (lactones) is 1. The van der Waals surface area contributed by atoms with Gasteiger partial charge < -0.3 is 9.84 Å². The molecule has 0 saturated heterocycles. The summed E-state index contributed by atoms with van der Waals surface area (Å²) in [7, 11) is 0. The maximum Gasteiger partial charge on any atom is 0.337 e. The van der Waals surface area contributed by atoms with Crippen molar-refractivity contribution in [1.82, 2.24) is 0 Å². The Morgan fingerprint density at radius 2 is 2.14 bits per heavy atom. The zero-order chi connectivity index (χ0) is 10.4. The van der Waals surface area contributed by atoms with Gasteiger partial charge in [-0.2, -0.15) is 0 Å². The Morgan fingerprint density at radius 1 is 1.36 bits per heavy atom. The second kappa shape index (κ2) is 5.68. The first-order chi connectivity index (χ1) is 6.75. The molecule has 0 saturated carbocycles. The Morgan fingerprint density at radius 3 is 2.79 bits per heavy atom. The fourth-order valence-corrected chi connectivity index (χ4v) is 1.57. The fraction of sp³-hybridized carbons (Fsp3) is 0.727. The number of unbranched alkanes of at least 4 members (excludes halogenated alkanes) is 3. The van der Waals surface area contributed by atoms with Gasteiger partial charge in [0.15, 0.2) is 0 Å². The predicted molar refractivity (Wildman–Crippen MR) is 54.0 cm³/mol. The molecule has 0 unspecified atom stereocenters. The highest BCUT2D eigenvalue weighted by atomic mass is 16.5. The first kappa shape index (κ1) is 11.1. The van der Waals surface area contributed by atoms with Gasteiger partial charge in [-0.3, -0.25) is 0 Å². The molecule has 0 fully saturated rings. The highest BCUT2D eigenvalue weighted by molar-refractivity contribution is 5.89. The van der Waals surface area contributed by atoms with E-state index in [-0.39, 0.29) is 11.7 Å². The number of hydrogen-bond donors (Lipinski definition) is 1. The molecule has 0 bridgehead atoms. The van der Waals surface area contributed by atoms with E-state index in [9.17, 15) is 9.90 Å². The van der Waals surface area contributed by atoms with Gasteiger partial charge in [-0.05, 0) is 12.8 Å². The maximum atomic E-state index is 11.2. The number of rotatable bonds is 5. The highest BCUT2D eigenvalue weighted by Crippen LogP contribution is 2.20. The molecule has 1 rings (SSSR count). The van der Waals surface area contributed by atoms with Crippen molar-refractivity contribution in [2.45, 2.75) is 45.4 Å². The summed E-state index contributed by atoms with van der Waals surface area (Å²) in [5.74, 6) is -0.0944. The SMILES string of the molecule is CCCCCCC1=C(O)CCOC1=O. The average Bonchev–Trinajstić information content (AvgIpc) is 2.16. The summed E-state index contributed by atoms with van der Waals surface area (Å²) in [4.78, 5) is 11.2. The largest absolute Gasteiger partial charge is 0.512 e. The minimum absolute atomic E-state index is 0.234. The third-order valence-corrected chi connectivity index (χ3v) is 2.45. The molecule has 1 N–H and O–H groups in total. The Labute approximate surface area is 84.8 Å². The lowest BCUT2D eigenvalue weighted by Crippen LogP contribution is -2.17. The molecule has 1 aliphatic rings. The number of carbonyl (C=O) groups is 1. The second-order valence-corrected chi connectivity index (χ2v) is 3.62. The van der Waals surface area contributed by atoms with E-state index in [0.717, 1.165) is 12.8 Å². The van der Waals surface area contributed by atoms with Gasteiger partial charge in [0, 0.05) is 6.42 Å². The Bertz CT molecular complexity index is 231. The van der Waals surface area contributed by atoms with Crippen LogP contribution in [0.2, 0.25) is 0 Å². The van der Waals surface area contributed by atoms with Crippen molar-refractivity contribution in [2.75, 3.05) is 6.61 Å². The molecule has 0 atom stereocenters. The Balaban J connectivity index is 2.37. The number of aliphatic hydroxyl groups is 1. The van der Waals surface area contributed by atoms with Gasteiger partial charge in [-0.15, -0.1) is 0 Å². The van der Waals surface area contributed by atoms with E-state index in [0.29, 0.717) is 25.0 Å². The molecular formula is C11H18O3. The lowest BCUT2D eigenvalue weighted by atomic mass is 10.0. The molecule has 3 nitrogen and oxygen atoms in total. The molecule has 1 aliphatic heterocycles. The molecule has 80 valence electrons. The summed E-state index contributed by atoms with van der Waals surface area (Å²) in [6.45, 7) is 2.47. The topological polar surface area (TPSA) is 46.5 Å². The van der Waals surface area contributed by atoms with Crippen LogP contribution in [-0.4, -0.2) is 17.7 Å². The average molecular weight is 198 g/mol. The molecule has 0 aromatic heterocycles.